The number of carbonyl (C=O) groups excluding carboxylic acids is 1. The number of benzene rings is 3. The molecule has 2 amide bonds. The second-order valence-corrected chi connectivity index (χ2v) is 8.88. The SMILES string of the molecule is COc1ccccc1NC(=O)N(CCc1ccccc1C)Cc1cc2cc(C)c(C)cc2[nH]c1=O. The standard InChI is InChI=1S/C29H31N3O3/c1-19-9-5-6-10-22(19)13-14-32(29(34)31-25-11-7-8-12-27(25)35-4)18-24-17-23-15-20(2)21(3)16-26(23)30-28(24)33/h5-12,15-17H,13-14,18H2,1-4H3,(H,30,33)(H,31,34). The van der Waals surface area contributed by atoms with E-state index >= 15 is 0 Å². The first-order valence-corrected chi connectivity index (χ1v) is 11.7. The van der Waals surface area contributed by atoms with Crippen LogP contribution >= 0.6 is 0 Å². The van der Waals surface area contributed by atoms with Crippen molar-refractivity contribution in [2.45, 2.75) is 33.7 Å². The molecule has 2 N–H and O–H groups in total. The number of H-pyrrole nitrogens is 1. The molecule has 0 bridgehead atoms. The van der Waals surface area contributed by atoms with E-state index in [0.29, 0.717) is 30.0 Å². The highest BCUT2D eigenvalue weighted by molar-refractivity contribution is 5.91. The number of nitrogens with zero attached hydrogens (tertiary/aromatic N) is 1. The number of urea groups is 1. The monoisotopic (exact) mass is 469 g/mol. The molecule has 180 valence electrons. The lowest BCUT2D eigenvalue weighted by Gasteiger charge is -2.24. The predicted octanol–water partition coefficient (Wildman–Crippen LogP) is 5.74. The van der Waals surface area contributed by atoms with Crippen LogP contribution in [-0.2, 0) is 13.0 Å². The molecular weight excluding hydrogens is 438 g/mol. The Morgan fingerprint density at radius 1 is 0.914 bits per heavy atom. The topological polar surface area (TPSA) is 74.4 Å². The molecule has 0 aliphatic rings. The van der Waals surface area contributed by atoms with E-state index in [4.69, 9.17) is 4.74 Å². The van der Waals surface area contributed by atoms with E-state index in [1.165, 1.54) is 11.1 Å². The molecule has 0 spiro atoms. The molecule has 6 heteroatoms. The van der Waals surface area contributed by atoms with Gasteiger partial charge >= 0.3 is 6.03 Å². The van der Waals surface area contributed by atoms with Crippen LogP contribution in [0.4, 0.5) is 10.5 Å². The van der Waals surface area contributed by atoms with Crippen LogP contribution in [0.1, 0.15) is 27.8 Å². The normalized spacial score (nSPS) is 10.9. The first-order chi connectivity index (χ1) is 16.9. The summed E-state index contributed by atoms with van der Waals surface area (Å²) in [6, 6.07) is 21.1. The lowest BCUT2D eigenvalue weighted by Crippen LogP contribution is -2.37. The largest absolute Gasteiger partial charge is 0.495 e. The smallest absolute Gasteiger partial charge is 0.322 e. The zero-order valence-corrected chi connectivity index (χ0v) is 20.6. The van der Waals surface area contributed by atoms with Gasteiger partial charge in [0, 0.05) is 17.6 Å². The Balaban J connectivity index is 1.64. The van der Waals surface area contributed by atoms with Crippen molar-refractivity contribution in [1.29, 1.82) is 0 Å². The first kappa shape index (κ1) is 24.1. The van der Waals surface area contributed by atoms with Gasteiger partial charge in [-0.05, 0) is 85.2 Å². The van der Waals surface area contributed by atoms with Crippen molar-refractivity contribution in [2.75, 3.05) is 19.0 Å². The molecule has 0 saturated heterocycles. The molecule has 0 aliphatic heterocycles. The van der Waals surface area contributed by atoms with Gasteiger partial charge < -0.3 is 19.9 Å². The van der Waals surface area contributed by atoms with E-state index in [2.05, 4.69) is 42.3 Å². The van der Waals surface area contributed by atoms with Crippen molar-refractivity contribution in [3.63, 3.8) is 0 Å². The van der Waals surface area contributed by atoms with E-state index in [0.717, 1.165) is 22.0 Å². The van der Waals surface area contributed by atoms with E-state index in [1.807, 2.05) is 43.3 Å². The number of aromatic amines is 1. The summed E-state index contributed by atoms with van der Waals surface area (Å²) in [7, 11) is 1.57. The molecule has 0 fully saturated rings. The number of fused-ring (bicyclic) bond motifs is 1. The van der Waals surface area contributed by atoms with Crippen molar-refractivity contribution in [2.24, 2.45) is 0 Å². The van der Waals surface area contributed by atoms with Crippen molar-refractivity contribution in [3.8, 4) is 5.75 Å². The third kappa shape index (κ3) is 5.54. The van der Waals surface area contributed by atoms with Gasteiger partial charge in [-0.3, -0.25) is 4.79 Å². The van der Waals surface area contributed by atoms with Gasteiger partial charge in [-0.15, -0.1) is 0 Å². The molecule has 6 nitrogen and oxygen atoms in total. The minimum atomic E-state index is -0.289. The van der Waals surface area contributed by atoms with Crippen LogP contribution in [0.15, 0.2) is 71.5 Å². The molecule has 0 unspecified atom stereocenters. The Labute approximate surface area is 205 Å². The Kier molecular flexibility index (Phi) is 7.20. The van der Waals surface area contributed by atoms with E-state index < -0.39 is 0 Å². The quantitative estimate of drug-likeness (QED) is 0.363. The highest BCUT2D eigenvalue weighted by atomic mass is 16.5. The maximum Gasteiger partial charge on any atom is 0.322 e. The average Bonchev–Trinajstić information content (AvgIpc) is 2.84. The van der Waals surface area contributed by atoms with Gasteiger partial charge in [0.15, 0.2) is 0 Å². The number of aryl methyl sites for hydroxylation is 3. The first-order valence-electron chi connectivity index (χ1n) is 11.7. The lowest BCUT2D eigenvalue weighted by atomic mass is 10.0. The van der Waals surface area contributed by atoms with Crippen molar-refractivity contribution < 1.29 is 9.53 Å². The fourth-order valence-electron chi connectivity index (χ4n) is 4.19. The second-order valence-electron chi connectivity index (χ2n) is 8.88. The summed E-state index contributed by atoms with van der Waals surface area (Å²) >= 11 is 0. The number of anilines is 1. The Morgan fingerprint density at radius 2 is 1.63 bits per heavy atom. The molecule has 35 heavy (non-hydrogen) atoms. The molecule has 4 aromatic rings. The average molecular weight is 470 g/mol. The summed E-state index contributed by atoms with van der Waals surface area (Å²) in [6.07, 6.45) is 0.676. The predicted molar refractivity (Wildman–Crippen MR) is 141 cm³/mol. The lowest BCUT2D eigenvalue weighted by molar-refractivity contribution is 0.209. The zero-order chi connectivity index (χ0) is 24.9. The molecule has 0 saturated carbocycles. The number of hydrogen-bond acceptors (Lipinski definition) is 3. The minimum absolute atomic E-state index is 0.186. The fraction of sp³-hybridized carbons (Fsp3) is 0.241. The van der Waals surface area contributed by atoms with Crippen molar-refractivity contribution >= 4 is 22.6 Å². The van der Waals surface area contributed by atoms with Crippen LogP contribution in [-0.4, -0.2) is 29.6 Å². The summed E-state index contributed by atoms with van der Waals surface area (Å²) in [5.74, 6) is 0.578. The molecule has 1 heterocycles. The number of methoxy groups -OCH3 is 1. The number of ether oxygens (including phenoxy) is 1. The zero-order valence-electron chi connectivity index (χ0n) is 20.6. The molecule has 3 aromatic carbocycles. The number of pyridine rings is 1. The second kappa shape index (κ2) is 10.5. The van der Waals surface area contributed by atoms with Crippen molar-refractivity contribution in [3.05, 3.63) is 105 Å². The van der Waals surface area contributed by atoms with E-state index in [1.54, 1.807) is 24.1 Å². The maximum absolute atomic E-state index is 13.4. The van der Waals surface area contributed by atoms with Gasteiger partial charge in [-0.2, -0.15) is 0 Å². The van der Waals surface area contributed by atoms with Crippen LogP contribution < -0.4 is 15.6 Å². The fourth-order valence-corrected chi connectivity index (χ4v) is 4.19. The van der Waals surface area contributed by atoms with Gasteiger partial charge in [0.2, 0.25) is 0 Å². The Hall–Kier alpha value is -4.06. The summed E-state index contributed by atoms with van der Waals surface area (Å²) in [5.41, 5.74) is 6.35. The van der Waals surface area contributed by atoms with Gasteiger partial charge in [0.1, 0.15) is 5.75 Å². The van der Waals surface area contributed by atoms with Gasteiger partial charge in [0.25, 0.3) is 5.56 Å². The van der Waals surface area contributed by atoms with Crippen LogP contribution in [0, 0.1) is 20.8 Å². The number of nitrogens with one attached hydrogen (secondary N) is 2. The summed E-state index contributed by atoms with van der Waals surface area (Å²) in [4.78, 5) is 31.0. The number of para-hydroxylation sites is 2. The van der Waals surface area contributed by atoms with Crippen molar-refractivity contribution in [1.82, 2.24) is 9.88 Å². The Morgan fingerprint density at radius 3 is 2.40 bits per heavy atom. The molecule has 0 radical (unpaired) electrons. The van der Waals surface area contributed by atoms with Crippen LogP contribution in [0.25, 0.3) is 10.9 Å². The Bertz CT molecular complexity index is 1420. The minimum Gasteiger partial charge on any atom is -0.495 e. The van der Waals surface area contributed by atoms with Gasteiger partial charge in [0.05, 0.1) is 19.3 Å². The molecule has 4 rings (SSSR count). The van der Waals surface area contributed by atoms with Crippen LogP contribution in [0.2, 0.25) is 0 Å². The van der Waals surface area contributed by atoms with Gasteiger partial charge in [-0.1, -0.05) is 36.4 Å². The van der Waals surface area contributed by atoms with Crippen LogP contribution in [0.5, 0.6) is 5.75 Å². The summed E-state index contributed by atoms with van der Waals surface area (Å²) < 4.78 is 5.39. The van der Waals surface area contributed by atoms with Gasteiger partial charge in [-0.25, -0.2) is 4.79 Å². The molecular formula is C29H31N3O3. The third-order valence-corrected chi connectivity index (χ3v) is 6.44. The molecule has 1 aromatic heterocycles. The number of rotatable bonds is 7. The maximum atomic E-state index is 13.4. The van der Waals surface area contributed by atoms with Crippen LogP contribution in [0.3, 0.4) is 0 Å². The molecule has 0 atom stereocenters. The highest BCUT2D eigenvalue weighted by Gasteiger charge is 2.18. The number of carbonyl (C=O) groups is 1. The summed E-state index contributed by atoms with van der Waals surface area (Å²) in [6.45, 7) is 6.78. The number of hydrogen-bond donors (Lipinski definition) is 2. The number of aromatic nitrogens is 1. The number of amides is 2. The summed E-state index contributed by atoms with van der Waals surface area (Å²) in [5, 5.41) is 3.91. The third-order valence-electron chi connectivity index (χ3n) is 6.44. The highest BCUT2D eigenvalue weighted by Crippen LogP contribution is 2.24. The van der Waals surface area contributed by atoms with E-state index in [-0.39, 0.29) is 18.1 Å². The molecule has 0 aliphatic carbocycles. The van der Waals surface area contributed by atoms with E-state index in [9.17, 15) is 9.59 Å².